The highest BCUT2D eigenvalue weighted by atomic mass is 32.2. The number of aromatic nitrogens is 2. The average molecular weight is 745 g/mol. The molecule has 1 N–H and O–H groups in total. The molecule has 2 saturated carbocycles. The molecule has 2 aliphatic carbocycles. The maximum absolute atomic E-state index is 14.2. The van der Waals surface area contributed by atoms with Crippen LogP contribution in [0.3, 0.4) is 0 Å². The lowest BCUT2D eigenvalue weighted by Gasteiger charge is -2.35. The maximum atomic E-state index is 14.2. The van der Waals surface area contributed by atoms with E-state index >= 15 is 0 Å². The van der Waals surface area contributed by atoms with Gasteiger partial charge in [0.15, 0.2) is 0 Å². The van der Waals surface area contributed by atoms with E-state index in [4.69, 9.17) is 14.2 Å². The summed E-state index contributed by atoms with van der Waals surface area (Å²) in [5.41, 5.74) is -7.28. The number of rotatable bonds is 3. The highest BCUT2D eigenvalue weighted by Crippen LogP contribution is 2.57. The number of hydrogen-bond acceptors (Lipinski definition) is 11. The van der Waals surface area contributed by atoms with Gasteiger partial charge >= 0.3 is 27.7 Å². The van der Waals surface area contributed by atoms with Gasteiger partial charge in [0.05, 0.1) is 24.6 Å². The Hall–Kier alpha value is -4.09. The zero-order chi connectivity index (χ0) is 37.0. The minimum absolute atomic E-state index is 0. The third-order valence-corrected chi connectivity index (χ3v) is 11.2. The van der Waals surface area contributed by atoms with Gasteiger partial charge in [0.1, 0.15) is 30.0 Å². The van der Waals surface area contributed by atoms with Gasteiger partial charge in [0.25, 0.3) is 11.6 Å². The Bertz CT molecular complexity index is 1890. The van der Waals surface area contributed by atoms with Crippen molar-refractivity contribution in [2.45, 2.75) is 102 Å². The van der Waals surface area contributed by atoms with E-state index in [1.54, 1.807) is 20.8 Å². The topological polar surface area (TPSA) is 172 Å². The van der Waals surface area contributed by atoms with Crippen LogP contribution in [0.5, 0.6) is 11.8 Å². The molecule has 2 aliphatic heterocycles. The molecule has 14 nitrogen and oxygen atoms in total. The van der Waals surface area contributed by atoms with Crippen LogP contribution in [0, 0.1) is 23.2 Å². The quantitative estimate of drug-likeness (QED) is 0.272. The van der Waals surface area contributed by atoms with Crippen molar-refractivity contribution in [3.8, 4) is 11.8 Å². The normalized spacial score (nSPS) is 29.0. The number of benzene rings is 1. The molecule has 3 heterocycles. The predicted molar refractivity (Wildman–Crippen MR) is 175 cm³/mol. The van der Waals surface area contributed by atoms with Crippen LogP contribution >= 0.6 is 0 Å². The number of amides is 2. The van der Waals surface area contributed by atoms with Crippen LogP contribution in [0.25, 0.3) is 10.9 Å². The van der Waals surface area contributed by atoms with Crippen LogP contribution in [0.2, 0.25) is 0 Å². The minimum Gasteiger partial charge on any atom is -0.467 e. The molecule has 2 bridgehead atoms. The molecule has 3 fully saturated rings. The molecule has 7 atom stereocenters. The number of hydrogen-bond donors (Lipinski definition) is 1. The summed E-state index contributed by atoms with van der Waals surface area (Å²) in [6.07, 6.45) is 2.65. The van der Waals surface area contributed by atoms with Crippen LogP contribution in [0.15, 0.2) is 23.0 Å². The third-order valence-electron chi connectivity index (χ3n) is 10.3. The predicted octanol–water partition coefficient (Wildman–Crippen LogP) is 4.13. The fraction of sp³-hybridized carbons (Fsp3) is 0.667. The van der Waals surface area contributed by atoms with E-state index in [0.717, 1.165) is 43.9 Å². The Morgan fingerprint density at radius 3 is 2.47 bits per heavy atom. The first-order chi connectivity index (χ1) is 23.9. The van der Waals surface area contributed by atoms with E-state index in [9.17, 15) is 40.8 Å². The largest absolute Gasteiger partial charge is 0.534 e. The van der Waals surface area contributed by atoms with Crippen LogP contribution in [0.4, 0.5) is 18.0 Å². The Balaban J connectivity index is 0.00000523. The average Bonchev–Trinajstić information content (AvgIpc) is 3.53. The summed E-state index contributed by atoms with van der Waals surface area (Å²) in [5, 5.41) is 2.74. The van der Waals surface area contributed by atoms with Gasteiger partial charge in [-0.15, -0.1) is 0 Å². The lowest BCUT2D eigenvalue weighted by atomic mass is 9.85. The molecule has 282 valence electrons. The highest BCUT2D eigenvalue weighted by molar-refractivity contribution is 7.88. The number of halogens is 3. The molecule has 4 aliphatic rings. The van der Waals surface area contributed by atoms with Gasteiger partial charge in [-0.05, 0) is 61.0 Å². The van der Waals surface area contributed by atoms with Crippen molar-refractivity contribution in [1.29, 1.82) is 0 Å². The van der Waals surface area contributed by atoms with Crippen molar-refractivity contribution < 1.29 is 55.8 Å². The summed E-state index contributed by atoms with van der Waals surface area (Å²) in [4.78, 5) is 59.9. The smallest absolute Gasteiger partial charge is 0.467 e. The number of nitrogens with zero attached hydrogens (tertiary/aromatic N) is 3. The molecule has 2 amide bonds. The number of alkyl halides is 3. The standard InChI is InChI=1S/C33H41F3N4O10S.H2/c1-32(2,3)26-28(42)40-16-19(15-24(40)29(43)47-4)48-30-37-23-14-18(50-51(45,46)33(34,35)36)9-10-21(23)27(41)39(30)11-7-5-6-8-20-22-12-17(22)13-25(20)49-31(44)38-26;/h9-10,14,17,19-20,22,24-26H,5-8,11-13,15-16H2,1-4H3,(H,38,44);1H/t17-,19+,20+,22?,24-,25+,26+;/m0./s1. The van der Waals surface area contributed by atoms with Crippen molar-refractivity contribution in [1.82, 2.24) is 19.8 Å². The van der Waals surface area contributed by atoms with E-state index < -0.39 is 68.5 Å². The molecule has 0 radical (unpaired) electrons. The number of ether oxygens (including phenoxy) is 3. The van der Waals surface area contributed by atoms with Crippen molar-refractivity contribution >= 4 is 39.0 Å². The second-order valence-electron chi connectivity index (χ2n) is 14.8. The Labute approximate surface area is 293 Å². The number of nitrogens with one attached hydrogen (secondary N) is 1. The van der Waals surface area contributed by atoms with Crippen LogP contribution in [-0.4, -0.2) is 84.3 Å². The zero-order valence-electron chi connectivity index (χ0n) is 28.6. The van der Waals surface area contributed by atoms with E-state index in [1.807, 2.05) is 0 Å². The summed E-state index contributed by atoms with van der Waals surface area (Å²) >= 11 is 0. The fourth-order valence-corrected chi connectivity index (χ4v) is 8.06. The molecule has 1 aromatic carbocycles. The second kappa shape index (κ2) is 13.5. The molecule has 1 unspecified atom stereocenters. The van der Waals surface area contributed by atoms with Gasteiger partial charge in [0.2, 0.25) is 5.91 Å². The lowest BCUT2D eigenvalue weighted by molar-refractivity contribution is -0.152. The summed E-state index contributed by atoms with van der Waals surface area (Å²) in [5.74, 6) is -0.922. The van der Waals surface area contributed by atoms with E-state index in [1.165, 1.54) is 16.6 Å². The maximum Gasteiger partial charge on any atom is 0.534 e. The highest BCUT2D eigenvalue weighted by Gasteiger charge is 2.55. The number of carbonyl (C=O) groups is 3. The molecule has 2 aromatic rings. The summed E-state index contributed by atoms with van der Waals surface area (Å²) < 4.78 is 85.1. The fourth-order valence-electron chi connectivity index (χ4n) is 7.61. The van der Waals surface area contributed by atoms with Crippen molar-refractivity contribution in [2.24, 2.45) is 23.2 Å². The third kappa shape index (κ3) is 7.46. The first-order valence-electron chi connectivity index (χ1n) is 17.0. The van der Waals surface area contributed by atoms with Crippen molar-refractivity contribution in [2.75, 3.05) is 13.7 Å². The molecule has 1 aromatic heterocycles. The Morgan fingerprint density at radius 2 is 1.78 bits per heavy atom. The first kappa shape index (κ1) is 36.7. The lowest BCUT2D eigenvalue weighted by Crippen LogP contribution is -2.57. The summed E-state index contributed by atoms with van der Waals surface area (Å²) in [6.45, 7) is 5.28. The zero-order valence-corrected chi connectivity index (χ0v) is 29.4. The van der Waals surface area contributed by atoms with Crippen LogP contribution in [0.1, 0.15) is 67.1 Å². The van der Waals surface area contributed by atoms with Gasteiger partial charge in [-0.3, -0.25) is 14.2 Å². The SMILES string of the molecule is COC(=O)[C@@H]1C[C@@H]2CN1C(=O)[C@H](C(C)(C)C)NC(=O)O[C@@H]1C[C@@H]3CC3[C@H]1CCCCCn1c(nc3cc(OS(=O)(=O)C(F)(F)F)ccc3c1=O)O2.[HH]. The van der Waals surface area contributed by atoms with Crippen LogP contribution < -0.4 is 19.8 Å². The Morgan fingerprint density at radius 1 is 1.04 bits per heavy atom. The number of carbonyl (C=O) groups excluding carboxylic acids is 3. The molecule has 51 heavy (non-hydrogen) atoms. The molecular formula is C33H43F3N4O10S. The molecular weight excluding hydrogens is 701 g/mol. The van der Waals surface area contributed by atoms with E-state index in [0.29, 0.717) is 24.7 Å². The molecule has 1 saturated heterocycles. The summed E-state index contributed by atoms with van der Waals surface area (Å²) in [6, 6.07) is 0.476. The van der Waals surface area contributed by atoms with Gasteiger partial charge in [-0.25, -0.2) is 9.59 Å². The van der Waals surface area contributed by atoms with Gasteiger partial charge in [-0.1, -0.05) is 33.6 Å². The minimum atomic E-state index is -6.00. The second-order valence-corrected chi connectivity index (χ2v) is 16.4. The molecule has 6 rings (SSSR count). The van der Waals surface area contributed by atoms with Crippen LogP contribution in [-0.2, 0) is 35.7 Å². The number of esters is 1. The van der Waals surface area contributed by atoms with Crippen molar-refractivity contribution in [3.05, 3.63) is 28.6 Å². The van der Waals surface area contributed by atoms with Gasteiger partial charge < -0.3 is 28.6 Å². The molecule has 18 heteroatoms. The number of alkyl carbamates (subject to hydrolysis) is 1. The monoisotopic (exact) mass is 744 g/mol. The molecule has 0 spiro atoms. The summed E-state index contributed by atoms with van der Waals surface area (Å²) in [7, 11) is -4.83. The van der Waals surface area contributed by atoms with E-state index in [2.05, 4.69) is 14.5 Å². The van der Waals surface area contributed by atoms with Gasteiger partial charge in [-0.2, -0.15) is 26.6 Å². The first-order valence-corrected chi connectivity index (χ1v) is 18.4. The number of fused-ring (bicyclic) bond motifs is 7. The van der Waals surface area contributed by atoms with Crippen molar-refractivity contribution in [3.63, 3.8) is 0 Å². The number of methoxy groups -OCH3 is 1. The van der Waals surface area contributed by atoms with Gasteiger partial charge in [0, 0.05) is 20.5 Å². The Kier molecular flexibility index (Phi) is 9.69. The van der Waals surface area contributed by atoms with E-state index in [-0.39, 0.29) is 49.9 Å².